The van der Waals surface area contributed by atoms with Crippen molar-refractivity contribution in [2.75, 3.05) is 13.1 Å². The quantitative estimate of drug-likeness (QED) is 0.817. The molecule has 0 aromatic rings. The van der Waals surface area contributed by atoms with Crippen molar-refractivity contribution in [3.05, 3.63) is 0 Å². The monoisotopic (exact) mass is 289 g/mol. The highest BCUT2D eigenvalue weighted by molar-refractivity contribution is 7.87. The maximum atomic E-state index is 12.5. The summed E-state index contributed by atoms with van der Waals surface area (Å²) in [6.45, 7) is 3.22. The fourth-order valence-electron chi connectivity index (χ4n) is 3.33. The van der Waals surface area contributed by atoms with Crippen LogP contribution in [0.5, 0.6) is 0 Å². The normalized spacial score (nSPS) is 34.3. The largest absolute Gasteiger partial charge is 0.330 e. The predicted octanol–water partition coefficient (Wildman–Crippen LogP) is 1.21. The van der Waals surface area contributed by atoms with Gasteiger partial charge >= 0.3 is 0 Å². The van der Waals surface area contributed by atoms with Gasteiger partial charge in [0.2, 0.25) is 0 Å². The van der Waals surface area contributed by atoms with Crippen molar-refractivity contribution in [2.45, 2.75) is 64.0 Å². The molecule has 112 valence electrons. The highest BCUT2D eigenvalue weighted by atomic mass is 32.2. The van der Waals surface area contributed by atoms with E-state index in [0.29, 0.717) is 19.0 Å². The Kier molecular flexibility index (Phi) is 5.22. The minimum absolute atomic E-state index is 0.0258. The Morgan fingerprint density at radius 3 is 2.53 bits per heavy atom. The SMILES string of the molecule is CC1CCCCN1S(=O)(=O)NC1CCCCC1CN. The van der Waals surface area contributed by atoms with Crippen LogP contribution in [0.2, 0.25) is 0 Å². The topological polar surface area (TPSA) is 75.4 Å². The molecule has 2 fully saturated rings. The summed E-state index contributed by atoms with van der Waals surface area (Å²) in [6, 6.07) is 0.143. The van der Waals surface area contributed by atoms with Crippen molar-refractivity contribution in [3.8, 4) is 0 Å². The van der Waals surface area contributed by atoms with Gasteiger partial charge in [-0.1, -0.05) is 19.3 Å². The molecule has 0 bridgehead atoms. The first-order chi connectivity index (χ1) is 9.04. The van der Waals surface area contributed by atoms with Gasteiger partial charge in [-0.3, -0.25) is 0 Å². The van der Waals surface area contributed by atoms with Crippen LogP contribution in [-0.4, -0.2) is 37.9 Å². The smallest absolute Gasteiger partial charge is 0.279 e. The summed E-state index contributed by atoms with van der Waals surface area (Å²) in [5.41, 5.74) is 5.77. The molecule has 1 aliphatic carbocycles. The zero-order valence-electron chi connectivity index (χ0n) is 11.8. The maximum absolute atomic E-state index is 12.5. The van der Waals surface area contributed by atoms with Crippen LogP contribution in [0, 0.1) is 5.92 Å². The van der Waals surface area contributed by atoms with Crippen molar-refractivity contribution < 1.29 is 8.42 Å². The lowest BCUT2D eigenvalue weighted by atomic mass is 9.85. The average molecular weight is 289 g/mol. The number of rotatable bonds is 4. The third-order valence-corrected chi connectivity index (χ3v) is 6.32. The second-order valence-electron chi connectivity index (χ2n) is 5.97. The molecule has 1 saturated heterocycles. The minimum atomic E-state index is -3.35. The molecular weight excluding hydrogens is 262 g/mol. The summed E-state index contributed by atoms with van der Waals surface area (Å²) in [5.74, 6) is 0.295. The van der Waals surface area contributed by atoms with Gasteiger partial charge in [-0.25, -0.2) is 0 Å². The van der Waals surface area contributed by atoms with Crippen molar-refractivity contribution in [1.82, 2.24) is 9.03 Å². The highest BCUT2D eigenvalue weighted by Crippen LogP contribution is 2.26. The predicted molar refractivity (Wildman–Crippen MR) is 76.9 cm³/mol. The molecule has 2 rings (SSSR count). The van der Waals surface area contributed by atoms with E-state index in [-0.39, 0.29) is 12.1 Å². The Hall–Kier alpha value is -0.170. The number of hydrogen-bond donors (Lipinski definition) is 2. The van der Waals surface area contributed by atoms with Gasteiger partial charge in [-0.2, -0.15) is 17.4 Å². The molecule has 1 saturated carbocycles. The fourth-order valence-corrected chi connectivity index (χ4v) is 5.11. The number of nitrogens with two attached hydrogens (primary N) is 1. The molecule has 1 heterocycles. The first kappa shape index (κ1) is 15.2. The molecule has 0 aromatic carbocycles. The summed E-state index contributed by atoms with van der Waals surface area (Å²) in [6.07, 6.45) is 7.28. The van der Waals surface area contributed by atoms with E-state index in [1.165, 1.54) is 6.42 Å². The summed E-state index contributed by atoms with van der Waals surface area (Å²) < 4.78 is 29.6. The molecule has 3 unspecified atom stereocenters. The molecule has 0 radical (unpaired) electrons. The van der Waals surface area contributed by atoms with Gasteiger partial charge in [0, 0.05) is 18.6 Å². The molecule has 3 atom stereocenters. The number of nitrogens with one attached hydrogen (secondary N) is 1. The third-order valence-electron chi connectivity index (χ3n) is 4.56. The van der Waals surface area contributed by atoms with Crippen LogP contribution in [0.1, 0.15) is 51.9 Å². The second-order valence-corrected chi connectivity index (χ2v) is 7.62. The van der Waals surface area contributed by atoms with Crippen LogP contribution >= 0.6 is 0 Å². The third kappa shape index (κ3) is 3.68. The molecule has 3 N–H and O–H groups in total. The van der Waals surface area contributed by atoms with Crippen LogP contribution in [0.4, 0.5) is 0 Å². The molecule has 0 spiro atoms. The Morgan fingerprint density at radius 1 is 1.16 bits per heavy atom. The first-order valence-electron chi connectivity index (χ1n) is 7.54. The van der Waals surface area contributed by atoms with Crippen molar-refractivity contribution in [2.24, 2.45) is 11.7 Å². The van der Waals surface area contributed by atoms with E-state index in [0.717, 1.165) is 38.5 Å². The van der Waals surface area contributed by atoms with Crippen LogP contribution in [0.15, 0.2) is 0 Å². The van der Waals surface area contributed by atoms with Crippen molar-refractivity contribution in [3.63, 3.8) is 0 Å². The first-order valence-corrected chi connectivity index (χ1v) is 8.98. The lowest BCUT2D eigenvalue weighted by Gasteiger charge is -2.36. The van der Waals surface area contributed by atoms with E-state index in [2.05, 4.69) is 4.72 Å². The van der Waals surface area contributed by atoms with E-state index >= 15 is 0 Å². The van der Waals surface area contributed by atoms with Crippen molar-refractivity contribution >= 4 is 10.2 Å². The molecule has 5 nitrogen and oxygen atoms in total. The van der Waals surface area contributed by atoms with Gasteiger partial charge in [0.25, 0.3) is 10.2 Å². The minimum Gasteiger partial charge on any atom is -0.330 e. The molecule has 0 aromatic heterocycles. The standard InChI is InChI=1S/C13H27N3O2S/c1-11-6-4-5-9-16(11)19(17,18)15-13-8-3-2-7-12(13)10-14/h11-13,15H,2-10,14H2,1H3. The van der Waals surface area contributed by atoms with Gasteiger partial charge in [-0.15, -0.1) is 0 Å². The van der Waals surface area contributed by atoms with Gasteiger partial charge in [0.15, 0.2) is 0 Å². The number of hydrogen-bond acceptors (Lipinski definition) is 3. The molecule has 19 heavy (non-hydrogen) atoms. The lowest BCUT2D eigenvalue weighted by Crippen LogP contribution is -2.53. The van der Waals surface area contributed by atoms with Gasteiger partial charge < -0.3 is 5.73 Å². The molecular formula is C13H27N3O2S. The lowest BCUT2D eigenvalue weighted by molar-refractivity contribution is 0.250. The summed E-state index contributed by atoms with van der Waals surface area (Å²) in [5, 5.41) is 0. The van der Waals surface area contributed by atoms with E-state index in [9.17, 15) is 8.42 Å². The highest BCUT2D eigenvalue weighted by Gasteiger charge is 2.34. The van der Waals surface area contributed by atoms with Crippen LogP contribution in [0.25, 0.3) is 0 Å². The maximum Gasteiger partial charge on any atom is 0.279 e. The van der Waals surface area contributed by atoms with Crippen LogP contribution < -0.4 is 10.5 Å². The zero-order valence-corrected chi connectivity index (χ0v) is 12.7. The van der Waals surface area contributed by atoms with E-state index < -0.39 is 10.2 Å². The van der Waals surface area contributed by atoms with Gasteiger partial charge in [-0.05, 0) is 45.1 Å². The molecule has 2 aliphatic rings. The molecule has 6 heteroatoms. The van der Waals surface area contributed by atoms with Gasteiger partial charge in [0.1, 0.15) is 0 Å². The summed E-state index contributed by atoms with van der Waals surface area (Å²) >= 11 is 0. The second kappa shape index (κ2) is 6.52. The Labute approximate surface area is 117 Å². The van der Waals surface area contributed by atoms with Gasteiger partial charge in [0.05, 0.1) is 0 Å². The van der Waals surface area contributed by atoms with Crippen LogP contribution in [-0.2, 0) is 10.2 Å². The Bertz CT molecular complexity index is 385. The Balaban J connectivity index is 2.03. The van der Waals surface area contributed by atoms with Crippen LogP contribution in [0.3, 0.4) is 0 Å². The van der Waals surface area contributed by atoms with Crippen molar-refractivity contribution in [1.29, 1.82) is 0 Å². The zero-order chi connectivity index (χ0) is 13.9. The average Bonchev–Trinajstić information content (AvgIpc) is 2.39. The van der Waals surface area contributed by atoms with E-state index in [1.807, 2.05) is 6.92 Å². The Morgan fingerprint density at radius 2 is 1.84 bits per heavy atom. The fraction of sp³-hybridized carbons (Fsp3) is 1.00. The molecule has 0 amide bonds. The summed E-state index contributed by atoms with van der Waals surface area (Å²) in [4.78, 5) is 0. The summed E-state index contributed by atoms with van der Waals surface area (Å²) in [7, 11) is -3.35. The molecule has 1 aliphatic heterocycles. The van der Waals surface area contributed by atoms with E-state index in [4.69, 9.17) is 5.73 Å². The number of nitrogens with zero attached hydrogens (tertiary/aromatic N) is 1. The number of piperidine rings is 1. The van der Waals surface area contributed by atoms with E-state index in [1.54, 1.807) is 4.31 Å².